The number of aromatic nitrogens is 4. The van der Waals surface area contributed by atoms with E-state index in [-0.39, 0.29) is 17.6 Å². The molecule has 0 fully saturated rings. The zero-order chi connectivity index (χ0) is 24.5. The molecule has 0 atom stereocenters. The number of benzene rings is 2. The molecule has 0 saturated heterocycles. The highest BCUT2D eigenvalue weighted by Gasteiger charge is 2.17. The maximum Gasteiger partial charge on any atom is 0.271 e. The van der Waals surface area contributed by atoms with Gasteiger partial charge in [0.05, 0.1) is 22.8 Å². The van der Waals surface area contributed by atoms with Crippen LogP contribution in [0, 0.1) is 12.7 Å². The number of anilines is 1. The van der Waals surface area contributed by atoms with Crippen molar-refractivity contribution in [2.24, 2.45) is 0 Å². The van der Waals surface area contributed by atoms with Crippen LogP contribution in [0.4, 0.5) is 10.1 Å². The van der Waals surface area contributed by atoms with Crippen LogP contribution in [0.15, 0.2) is 66.9 Å². The molecule has 0 radical (unpaired) electrons. The van der Waals surface area contributed by atoms with Gasteiger partial charge in [-0.05, 0) is 61.0 Å². The van der Waals surface area contributed by atoms with Gasteiger partial charge in [-0.3, -0.25) is 14.3 Å². The number of hydrogen-bond acceptors (Lipinski definition) is 5. The van der Waals surface area contributed by atoms with Gasteiger partial charge in [-0.1, -0.05) is 12.1 Å². The Balaban J connectivity index is 1.32. The minimum atomic E-state index is -0.281. The second-order valence-electron chi connectivity index (χ2n) is 7.92. The van der Waals surface area contributed by atoms with Gasteiger partial charge >= 0.3 is 0 Å². The highest BCUT2D eigenvalue weighted by Crippen LogP contribution is 2.29. The number of hydrogen-bond donors (Lipinski definition) is 2. The second-order valence-corrected chi connectivity index (χ2v) is 8.96. The zero-order valence-electron chi connectivity index (χ0n) is 18.9. The normalized spacial score (nSPS) is 11.1. The highest BCUT2D eigenvalue weighted by atomic mass is 32.1. The first-order valence-electron chi connectivity index (χ1n) is 10.8. The van der Waals surface area contributed by atoms with Gasteiger partial charge in [0.2, 0.25) is 0 Å². The Labute approximate surface area is 204 Å². The molecule has 0 aliphatic heterocycles. The zero-order valence-corrected chi connectivity index (χ0v) is 19.8. The predicted octanol–water partition coefficient (Wildman–Crippen LogP) is 4.39. The van der Waals surface area contributed by atoms with Crippen LogP contribution in [0.25, 0.3) is 15.9 Å². The fraction of sp³-hybridized carbons (Fsp3) is 0.120. The van der Waals surface area contributed by atoms with E-state index in [2.05, 4.69) is 20.8 Å². The number of nitrogens with zero attached hydrogens (tertiary/aromatic N) is 4. The number of carbonyl (C=O) groups excluding carboxylic acids is 2. The van der Waals surface area contributed by atoms with Crippen molar-refractivity contribution in [3.05, 3.63) is 94.5 Å². The SMILES string of the molecule is CNC(=O)c1ccn(-c2ccc(NC(=O)c3cc4c(C)nn(Cc5ccc(F)cc5)c4s3)cc2)n1. The maximum absolute atomic E-state index is 13.2. The van der Waals surface area contributed by atoms with E-state index < -0.39 is 0 Å². The lowest BCUT2D eigenvalue weighted by Gasteiger charge is -2.06. The van der Waals surface area contributed by atoms with Crippen LogP contribution < -0.4 is 10.6 Å². The molecule has 2 aromatic carbocycles. The standard InChI is InChI=1S/C25H21FN6O2S/c1-15-20-13-22(35-25(20)32(29-15)14-16-3-5-17(26)6-4-16)24(34)28-18-7-9-19(10-8-18)31-12-11-21(30-31)23(33)27-2/h3-13H,14H2,1-2H3,(H,27,33)(H,28,34). The van der Waals surface area contributed by atoms with Gasteiger partial charge in [0.1, 0.15) is 10.6 Å². The summed E-state index contributed by atoms with van der Waals surface area (Å²) in [7, 11) is 1.55. The van der Waals surface area contributed by atoms with E-state index in [0.29, 0.717) is 22.8 Å². The summed E-state index contributed by atoms with van der Waals surface area (Å²) in [5, 5.41) is 15.2. The van der Waals surface area contributed by atoms with Crippen molar-refractivity contribution in [1.82, 2.24) is 24.9 Å². The Kier molecular flexibility index (Phi) is 5.87. The van der Waals surface area contributed by atoms with Crippen molar-refractivity contribution in [1.29, 1.82) is 0 Å². The quantitative estimate of drug-likeness (QED) is 0.371. The van der Waals surface area contributed by atoms with Crippen molar-refractivity contribution in [2.45, 2.75) is 13.5 Å². The summed E-state index contributed by atoms with van der Waals surface area (Å²) in [6.07, 6.45) is 1.70. The molecule has 2 amide bonds. The first kappa shape index (κ1) is 22.5. The summed E-state index contributed by atoms with van der Waals surface area (Å²) in [6.45, 7) is 2.39. The fourth-order valence-electron chi connectivity index (χ4n) is 3.70. The van der Waals surface area contributed by atoms with E-state index in [4.69, 9.17) is 0 Å². The Morgan fingerprint density at radius 1 is 1.00 bits per heavy atom. The fourth-order valence-corrected chi connectivity index (χ4v) is 4.76. The first-order valence-corrected chi connectivity index (χ1v) is 11.6. The van der Waals surface area contributed by atoms with Crippen LogP contribution in [0.2, 0.25) is 0 Å². The van der Waals surface area contributed by atoms with Crippen LogP contribution in [0.1, 0.15) is 31.4 Å². The van der Waals surface area contributed by atoms with Crippen molar-refractivity contribution in [3.63, 3.8) is 0 Å². The smallest absolute Gasteiger partial charge is 0.271 e. The summed E-state index contributed by atoms with van der Waals surface area (Å²) in [5.74, 6) is -0.753. The Bertz CT molecular complexity index is 1530. The number of thiophene rings is 1. The minimum absolute atomic E-state index is 0.215. The van der Waals surface area contributed by atoms with Gasteiger partial charge in [0.25, 0.3) is 11.8 Å². The Morgan fingerprint density at radius 3 is 2.46 bits per heavy atom. The first-order chi connectivity index (χ1) is 16.9. The summed E-state index contributed by atoms with van der Waals surface area (Å²) < 4.78 is 16.7. The minimum Gasteiger partial charge on any atom is -0.354 e. The molecule has 3 heterocycles. The summed E-state index contributed by atoms with van der Waals surface area (Å²) in [4.78, 5) is 26.1. The number of rotatable bonds is 6. The predicted molar refractivity (Wildman–Crippen MR) is 133 cm³/mol. The molecule has 0 aliphatic carbocycles. The van der Waals surface area contributed by atoms with Gasteiger partial charge in [0.15, 0.2) is 5.69 Å². The molecule has 10 heteroatoms. The van der Waals surface area contributed by atoms with Crippen molar-refractivity contribution in [3.8, 4) is 5.69 Å². The molecule has 0 saturated carbocycles. The molecule has 5 aromatic rings. The van der Waals surface area contributed by atoms with Crippen LogP contribution in [-0.4, -0.2) is 38.4 Å². The number of amides is 2. The lowest BCUT2D eigenvalue weighted by molar-refractivity contribution is 0.0957. The molecule has 0 spiro atoms. The van der Waals surface area contributed by atoms with Gasteiger partial charge < -0.3 is 10.6 Å². The molecule has 5 rings (SSSR count). The lowest BCUT2D eigenvalue weighted by atomic mass is 10.2. The van der Waals surface area contributed by atoms with E-state index in [1.54, 1.807) is 48.3 Å². The van der Waals surface area contributed by atoms with E-state index in [9.17, 15) is 14.0 Å². The third kappa shape index (κ3) is 4.56. The Morgan fingerprint density at radius 2 is 1.74 bits per heavy atom. The van der Waals surface area contributed by atoms with E-state index in [1.165, 1.54) is 23.5 Å². The van der Waals surface area contributed by atoms with E-state index in [0.717, 1.165) is 27.2 Å². The molecule has 8 nitrogen and oxygen atoms in total. The van der Waals surface area contributed by atoms with Crippen molar-refractivity contribution >= 4 is 39.1 Å². The van der Waals surface area contributed by atoms with E-state index in [1.807, 2.05) is 29.8 Å². The third-order valence-electron chi connectivity index (χ3n) is 5.52. The van der Waals surface area contributed by atoms with Crippen molar-refractivity contribution < 1.29 is 14.0 Å². The summed E-state index contributed by atoms with van der Waals surface area (Å²) in [6, 6.07) is 17.0. The monoisotopic (exact) mass is 488 g/mol. The number of fused-ring (bicyclic) bond motifs is 1. The average Bonchev–Trinajstić information content (AvgIpc) is 3.58. The molecule has 35 heavy (non-hydrogen) atoms. The maximum atomic E-state index is 13.2. The van der Waals surface area contributed by atoms with Crippen LogP contribution in [0.5, 0.6) is 0 Å². The summed E-state index contributed by atoms with van der Waals surface area (Å²) in [5.41, 5.74) is 3.48. The topological polar surface area (TPSA) is 93.8 Å². The molecule has 0 bridgehead atoms. The molecule has 0 unspecified atom stereocenters. The van der Waals surface area contributed by atoms with Gasteiger partial charge in [-0.2, -0.15) is 10.2 Å². The lowest BCUT2D eigenvalue weighted by Crippen LogP contribution is -2.18. The molecular weight excluding hydrogens is 467 g/mol. The van der Waals surface area contributed by atoms with Crippen LogP contribution in [0.3, 0.4) is 0 Å². The van der Waals surface area contributed by atoms with Crippen LogP contribution >= 0.6 is 11.3 Å². The number of halogens is 1. The largest absolute Gasteiger partial charge is 0.354 e. The van der Waals surface area contributed by atoms with Gasteiger partial charge in [0, 0.05) is 24.3 Å². The van der Waals surface area contributed by atoms with Gasteiger partial charge in [-0.15, -0.1) is 11.3 Å². The Hall–Kier alpha value is -4.31. The molecular formula is C25H21FN6O2S. The van der Waals surface area contributed by atoms with E-state index >= 15 is 0 Å². The average molecular weight is 489 g/mol. The van der Waals surface area contributed by atoms with Crippen molar-refractivity contribution in [2.75, 3.05) is 12.4 Å². The molecule has 176 valence electrons. The number of aryl methyl sites for hydroxylation is 1. The summed E-state index contributed by atoms with van der Waals surface area (Å²) >= 11 is 1.36. The van der Waals surface area contributed by atoms with Gasteiger partial charge in [-0.25, -0.2) is 9.07 Å². The third-order valence-corrected chi connectivity index (χ3v) is 6.66. The van der Waals surface area contributed by atoms with Crippen LogP contribution in [-0.2, 0) is 6.54 Å². The highest BCUT2D eigenvalue weighted by molar-refractivity contribution is 7.20. The second kappa shape index (κ2) is 9.15. The number of nitrogens with one attached hydrogen (secondary N) is 2. The molecule has 3 aromatic heterocycles. The molecule has 0 aliphatic rings. The molecule has 2 N–H and O–H groups in total. The number of carbonyl (C=O) groups is 2.